The van der Waals surface area contributed by atoms with Crippen LogP contribution in [0.4, 0.5) is 0 Å². The molecular weight excluding hydrogens is 446 g/mol. The van der Waals surface area contributed by atoms with Gasteiger partial charge in [-0.1, -0.05) is 41.5 Å². The summed E-state index contributed by atoms with van der Waals surface area (Å²) in [6, 6.07) is 14.0. The number of pyridine rings is 3. The molecule has 0 unspecified atom stereocenters. The van der Waals surface area contributed by atoms with Crippen molar-refractivity contribution in [2.45, 2.75) is 41.5 Å². The Morgan fingerprint density at radius 3 is 1.81 bits per heavy atom. The van der Waals surface area contributed by atoms with E-state index in [-0.39, 0.29) is 0 Å². The number of rotatable bonds is 0. The highest BCUT2D eigenvalue weighted by Gasteiger charge is 1.96. The molecule has 0 fully saturated rings. The normalized spacial score (nSPS) is 9.25. The molecule has 0 atom stereocenters. The van der Waals surface area contributed by atoms with Crippen LogP contribution in [0.3, 0.4) is 0 Å². The van der Waals surface area contributed by atoms with E-state index in [9.17, 15) is 0 Å². The van der Waals surface area contributed by atoms with Crippen LogP contribution in [-0.2, 0) is 21.1 Å². The summed E-state index contributed by atoms with van der Waals surface area (Å²) in [5.41, 5.74) is 4.16. The number of hydrogen-bond donors (Lipinski definition) is 0. The van der Waals surface area contributed by atoms with E-state index in [0.29, 0.717) is 0 Å². The molecular formula is C29H41N7. The highest BCUT2D eigenvalue weighted by molar-refractivity contribution is 5.78. The van der Waals surface area contributed by atoms with E-state index in [1.54, 1.807) is 12.5 Å². The molecule has 7 nitrogen and oxygen atoms in total. The fraction of sp³-hybridized carbons (Fsp3) is 0.310. The Bertz CT molecular complexity index is 1220. The van der Waals surface area contributed by atoms with Crippen molar-refractivity contribution in [2.24, 2.45) is 21.1 Å². The molecule has 192 valence electrons. The van der Waals surface area contributed by atoms with Gasteiger partial charge in [-0.2, -0.15) is 0 Å². The second-order valence-corrected chi connectivity index (χ2v) is 6.91. The fourth-order valence-electron chi connectivity index (χ4n) is 3.18. The van der Waals surface area contributed by atoms with Crippen LogP contribution < -0.4 is 0 Å². The lowest BCUT2D eigenvalue weighted by atomic mass is 10.3. The smallest absolute Gasteiger partial charge is 0.159 e. The van der Waals surface area contributed by atoms with Crippen LogP contribution in [0.25, 0.3) is 33.1 Å². The molecule has 0 aliphatic carbocycles. The third kappa shape index (κ3) is 8.05. The number of aromatic nitrogens is 7. The summed E-state index contributed by atoms with van der Waals surface area (Å²) in [5.74, 6) is 0. The highest BCUT2D eigenvalue weighted by atomic mass is 15.1. The van der Waals surface area contributed by atoms with E-state index in [4.69, 9.17) is 0 Å². The van der Waals surface area contributed by atoms with Crippen molar-refractivity contribution in [3.63, 3.8) is 0 Å². The van der Waals surface area contributed by atoms with Crippen molar-refractivity contribution in [1.29, 1.82) is 0 Å². The van der Waals surface area contributed by atoms with Gasteiger partial charge in [-0.3, -0.25) is 4.98 Å². The second kappa shape index (κ2) is 16.6. The summed E-state index contributed by atoms with van der Waals surface area (Å²) in [5, 5.41) is 2.40. The second-order valence-electron chi connectivity index (χ2n) is 6.91. The first kappa shape index (κ1) is 30.0. The Morgan fingerprint density at radius 1 is 0.556 bits per heavy atom. The minimum absolute atomic E-state index is 0.933. The minimum atomic E-state index is 0.933. The molecule has 0 aromatic carbocycles. The Morgan fingerprint density at radius 2 is 1.17 bits per heavy atom. The predicted octanol–water partition coefficient (Wildman–Crippen LogP) is 7.19. The SMILES string of the molecule is CC.CC.CC.Cn1ccc2cccnc21.Cn1ccc2cnccc21.Cn1cnc2cccnc21. The van der Waals surface area contributed by atoms with Crippen LogP contribution in [0.5, 0.6) is 0 Å². The predicted molar refractivity (Wildman–Crippen MR) is 154 cm³/mol. The van der Waals surface area contributed by atoms with E-state index < -0.39 is 0 Å². The molecule has 6 aromatic rings. The lowest BCUT2D eigenvalue weighted by molar-refractivity contribution is 0.931. The van der Waals surface area contributed by atoms with Crippen molar-refractivity contribution >= 4 is 33.1 Å². The summed E-state index contributed by atoms with van der Waals surface area (Å²) in [7, 11) is 5.96. The Labute approximate surface area is 215 Å². The molecule has 0 N–H and O–H groups in total. The number of aryl methyl sites for hydroxylation is 3. The van der Waals surface area contributed by atoms with Gasteiger partial charge in [0.15, 0.2) is 5.65 Å². The molecule has 7 heteroatoms. The van der Waals surface area contributed by atoms with Crippen LogP contribution in [0.15, 0.2) is 86.0 Å². The lowest BCUT2D eigenvalue weighted by Gasteiger charge is -1.91. The van der Waals surface area contributed by atoms with E-state index >= 15 is 0 Å². The molecule has 0 saturated carbocycles. The average molecular weight is 488 g/mol. The number of hydrogen-bond acceptors (Lipinski definition) is 4. The topological polar surface area (TPSA) is 66.3 Å². The zero-order valence-corrected chi connectivity index (χ0v) is 23.2. The van der Waals surface area contributed by atoms with Gasteiger partial charge >= 0.3 is 0 Å². The van der Waals surface area contributed by atoms with Gasteiger partial charge < -0.3 is 13.7 Å². The zero-order valence-electron chi connectivity index (χ0n) is 23.2. The van der Waals surface area contributed by atoms with Gasteiger partial charge in [0.05, 0.1) is 11.8 Å². The first-order valence-corrected chi connectivity index (χ1v) is 12.6. The molecule has 0 aliphatic heterocycles. The maximum absolute atomic E-state index is 4.20. The summed E-state index contributed by atoms with van der Waals surface area (Å²) in [6.07, 6.45) is 13.1. The molecule has 6 heterocycles. The van der Waals surface area contributed by atoms with Crippen molar-refractivity contribution in [3.05, 3.63) is 86.0 Å². The van der Waals surface area contributed by atoms with Crippen LogP contribution in [-0.4, -0.2) is 33.6 Å². The summed E-state index contributed by atoms with van der Waals surface area (Å²) >= 11 is 0. The minimum Gasteiger partial charge on any atom is -0.350 e. The largest absolute Gasteiger partial charge is 0.350 e. The molecule has 0 aliphatic rings. The van der Waals surface area contributed by atoms with Crippen LogP contribution in [0.2, 0.25) is 0 Å². The van der Waals surface area contributed by atoms with Gasteiger partial charge in [-0.25, -0.2) is 15.0 Å². The van der Waals surface area contributed by atoms with Gasteiger partial charge in [-0.05, 0) is 42.5 Å². The third-order valence-electron chi connectivity index (χ3n) is 4.78. The van der Waals surface area contributed by atoms with E-state index in [1.165, 1.54) is 16.3 Å². The molecule has 0 spiro atoms. The van der Waals surface area contributed by atoms with E-state index in [0.717, 1.165) is 16.8 Å². The van der Waals surface area contributed by atoms with Gasteiger partial charge in [0.25, 0.3) is 0 Å². The quantitative estimate of drug-likeness (QED) is 0.227. The summed E-state index contributed by atoms with van der Waals surface area (Å²) in [4.78, 5) is 16.5. The van der Waals surface area contributed by atoms with Crippen molar-refractivity contribution < 1.29 is 0 Å². The van der Waals surface area contributed by atoms with E-state index in [2.05, 4.69) is 42.7 Å². The molecule has 6 aromatic heterocycles. The van der Waals surface area contributed by atoms with Crippen molar-refractivity contribution in [1.82, 2.24) is 33.6 Å². The zero-order chi connectivity index (χ0) is 26.9. The number of imidazole rings is 1. The fourth-order valence-corrected chi connectivity index (χ4v) is 3.18. The third-order valence-corrected chi connectivity index (χ3v) is 4.78. The van der Waals surface area contributed by atoms with Gasteiger partial charge in [-0.15, -0.1) is 0 Å². The first-order valence-electron chi connectivity index (χ1n) is 12.6. The number of fused-ring (bicyclic) bond motifs is 3. The van der Waals surface area contributed by atoms with Crippen molar-refractivity contribution in [3.8, 4) is 0 Å². The summed E-state index contributed by atoms with van der Waals surface area (Å²) in [6.45, 7) is 12.0. The maximum atomic E-state index is 4.20. The molecule has 0 amide bonds. The van der Waals surface area contributed by atoms with Gasteiger partial charge in [0.1, 0.15) is 11.2 Å². The van der Waals surface area contributed by atoms with Crippen LogP contribution in [0.1, 0.15) is 41.5 Å². The molecule has 6 rings (SSSR count). The first-order chi connectivity index (χ1) is 17.6. The average Bonchev–Trinajstić information content (AvgIpc) is 3.66. The van der Waals surface area contributed by atoms with Crippen LogP contribution >= 0.6 is 0 Å². The van der Waals surface area contributed by atoms with Crippen molar-refractivity contribution in [2.75, 3.05) is 0 Å². The lowest BCUT2D eigenvalue weighted by Crippen LogP contribution is -1.85. The standard InChI is InChI=1S/2C8H8N2.C7H7N3.3C2H6/c1-10-5-3-7-6-9-4-2-8(7)10;1-10-6-4-7-3-2-5-9-8(7)10;1-10-5-9-6-3-2-4-8-7(6)10;3*1-2/h2*2-6H,1H3;2-5H,1H3;3*1-2H3. The summed E-state index contributed by atoms with van der Waals surface area (Å²) < 4.78 is 5.99. The molecule has 0 bridgehead atoms. The van der Waals surface area contributed by atoms with Gasteiger partial charge in [0, 0.05) is 69.1 Å². The maximum Gasteiger partial charge on any atom is 0.159 e. The number of nitrogens with zero attached hydrogens (tertiary/aromatic N) is 7. The highest BCUT2D eigenvalue weighted by Crippen LogP contribution is 2.11. The Balaban J connectivity index is 0.000000244. The van der Waals surface area contributed by atoms with Gasteiger partial charge in [0.2, 0.25) is 0 Å². The molecule has 0 saturated heterocycles. The van der Waals surface area contributed by atoms with Crippen LogP contribution in [0, 0.1) is 0 Å². The Kier molecular flexibility index (Phi) is 13.8. The molecule has 0 radical (unpaired) electrons. The van der Waals surface area contributed by atoms with E-state index in [1.807, 2.05) is 127 Å². The Hall–Kier alpha value is -4.00. The monoisotopic (exact) mass is 487 g/mol. The molecule has 36 heavy (non-hydrogen) atoms.